The van der Waals surface area contributed by atoms with Crippen LogP contribution in [0.2, 0.25) is 0 Å². The van der Waals surface area contributed by atoms with Crippen molar-refractivity contribution >= 4 is 5.82 Å². The normalized spacial score (nSPS) is 24.3. The van der Waals surface area contributed by atoms with E-state index in [-0.39, 0.29) is 0 Å². The minimum absolute atomic E-state index is 0.324. The molecule has 1 heterocycles. The SMILES string of the molecule is Cc1nc(C2CCC(C)C2)nc(N)c1C#N. The quantitative estimate of drug-likeness (QED) is 0.780. The van der Waals surface area contributed by atoms with Crippen LogP contribution in [0.15, 0.2) is 0 Å². The molecule has 2 rings (SSSR count). The van der Waals surface area contributed by atoms with Crippen molar-refractivity contribution in [3.63, 3.8) is 0 Å². The van der Waals surface area contributed by atoms with Crippen LogP contribution in [0.4, 0.5) is 5.82 Å². The van der Waals surface area contributed by atoms with Gasteiger partial charge in [-0.25, -0.2) is 9.97 Å². The second-order valence-corrected chi connectivity index (χ2v) is 4.65. The standard InChI is InChI=1S/C12H16N4/c1-7-3-4-9(5-7)12-15-8(2)10(6-13)11(14)16-12/h7,9H,3-5H2,1-2H3,(H2,14,15,16). The average Bonchev–Trinajstić information content (AvgIpc) is 2.64. The van der Waals surface area contributed by atoms with Gasteiger partial charge in [0.05, 0.1) is 5.69 Å². The van der Waals surface area contributed by atoms with Crippen LogP contribution >= 0.6 is 0 Å². The van der Waals surface area contributed by atoms with Crippen LogP contribution in [0.1, 0.15) is 49.2 Å². The summed E-state index contributed by atoms with van der Waals surface area (Å²) in [5, 5.41) is 8.89. The van der Waals surface area contributed by atoms with E-state index in [1.807, 2.05) is 13.0 Å². The van der Waals surface area contributed by atoms with E-state index < -0.39 is 0 Å². The van der Waals surface area contributed by atoms with Gasteiger partial charge in [0.2, 0.25) is 0 Å². The van der Waals surface area contributed by atoms with Crippen LogP contribution in [0.5, 0.6) is 0 Å². The highest BCUT2D eigenvalue weighted by atomic mass is 15.0. The Morgan fingerprint density at radius 2 is 2.12 bits per heavy atom. The van der Waals surface area contributed by atoms with E-state index in [1.165, 1.54) is 6.42 Å². The van der Waals surface area contributed by atoms with E-state index in [1.54, 1.807) is 0 Å². The lowest BCUT2D eigenvalue weighted by Crippen LogP contribution is -2.08. The van der Waals surface area contributed by atoms with Crippen molar-refractivity contribution in [3.8, 4) is 6.07 Å². The molecule has 1 aromatic heterocycles. The van der Waals surface area contributed by atoms with Crippen LogP contribution in [0.3, 0.4) is 0 Å². The van der Waals surface area contributed by atoms with Crippen molar-refractivity contribution in [1.29, 1.82) is 5.26 Å². The van der Waals surface area contributed by atoms with Crippen molar-refractivity contribution in [2.24, 2.45) is 5.92 Å². The van der Waals surface area contributed by atoms with Gasteiger partial charge in [0.25, 0.3) is 0 Å². The zero-order chi connectivity index (χ0) is 11.7. The van der Waals surface area contributed by atoms with Crippen LogP contribution < -0.4 is 5.73 Å². The van der Waals surface area contributed by atoms with Crippen molar-refractivity contribution in [2.45, 2.75) is 39.0 Å². The fraction of sp³-hybridized carbons (Fsp3) is 0.583. The minimum Gasteiger partial charge on any atom is -0.382 e. The molecule has 1 aliphatic rings. The first-order chi connectivity index (χ1) is 7.61. The first-order valence-electron chi connectivity index (χ1n) is 5.66. The molecule has 0 aromatic carbocycles. The Morgan fingerprint density at radius 1 is 1.38 bits per heavy atom. The minimum atomic E-state index is 0.324. The lowest BCUT2D eigenvalue weighted by molar-refractivity contribution is 0.584. The van der Waals surface area contributed by atoms with Gasteiger partial charge in [-0.3, -0.25) is 0 Å². The second-order valence-electron chi connectivity index (χ2n) is 4.65. The van der Waals surface area contributed by atoms with E-state index in [4.69, 9.17) is 11.0 Å². The summed E-state index contributed by atoms with van der Waals surface area (Å²) in [6.45, 7) is 4.07. The Bertz CT molecular complexity index is 424. The van der Waals surface area contributed by atoms with Crippen molar-refractivity contribution in [3.05, 3.63) is 17.1 Å². The molecule has 1 aromatic rings. The van der Waals surface area contributed by atoms with Gasteiger partial charge in [-0.15, -0.1) is 0 Å². The molecule has 1 aliphatic carbocycles. The largest absolute Gasteiger partial charge is 0.382 e. The highest BCUT2D eigenvalue weighted by Gasteiger charge is 2.26. The summed E-state index contributed by atoms with van der Waals surface area (Å²) >= 11 is 0. The summed E-state index contributed by atoms with van der Waals surface area (Å²) < 4.78 is 0. The third kappa shape index (κ3) is 1.85. The molecule has 2 atom stereocenters. The number of nitriles is 1. The highest BCUT2D eigenvalue weighted by molar-refractivity contribution is 5.50. The van der Waals surface area contributed by atoms with E-state index in [0.29, 0.717) is 23.0 Å². The van der Waals surface area contributed by atoms with Crippen molar-refractivity contribution < 1.29 is 0 Å². The fourth-order valence-electron chi connectivity index (χ4n) is 2.38. The molecule has 0 aliphatic heterocycles. The third-order valence-corrected chi connectivity index (χ3v) is 3.31. The van der Waals surface area contributed by atoms with E-state index in [2.05, 4.69) is 16.9 Å². The molecule has 1 fully saturated rings. The van der Waals surface area contributed by atoms with Gasteiger partial charge in [0.1, 0.15) is 23.3 Å². The van der Waals surface area contributed by atoms with E-state index in [9.17, 15) is 0 Å². The Hall–Kier alpha value is -1.63. The number of hydrogen-bond acceptors (Lipinski definition) is 4. The maximum absolute atomic E-state index is 8.89. The van der Waals surface area contributed by atoms with Gasteiger partial charge in [-0.1, -0.05) is 6.92 Å². The van der Waals surface area contributed by atoms with Crippen molar-refractivity contribution in [2.75, 3.05) is 5.73 Å². The summed E-state index contributed by atoms with van der Waals surface area (Å²) in [5.74, 6) is 2.30. The smallest absolute Gasteiger partial charge is 0.145 e. The molecule has 16 heavy (non-hydrogen) atoms. The van der Waals surface area contributed by atoms with Crippen molar-refractivity contribution in [1.82, 2.24) is 9.97 Å². The molecular formula is C12H16N4. The van der Waals surface area contributed by atoms with Crippen LogP contribution in [-0.4, -0.2) is 9.97 Å². The van der Waals surface area contributed by atoms with Gasteiger partial charge in [-0.05, 0) is 32.1 Å². The average molecular weight is 216 g/mol. The number of nitrogens with two attached hydrogens (primary N) is 1. The zero-order valence-corrected chi connectivity index (χ0v) is 9.70. The molecule has 0 radical (unpaired) electrons. The lowest BCUT2D eigenvalue weighted by Gasteiger charge is -2.10. The first kappa shape index (κ1) is 10.9. The lowest BCUT2D eigenvalue weighted by atomic mass is 10.1. The number of aromatic nitrogens is 2. The van der Waals surface area contributed by atoms with Crippen LogP contribution in [-0.2, 0) is 0 Å². The Balaban J connectivity index is 2.34. The van der Waals surface area contributed by atoms with Gasteiger partial charge in [0.15, 0.2) is 0 Å². The summed E-state index contributed by atoms with van der Waals surface area (Å²) in [6, 6.07) is 2.04. The monoisotopic (exact) mass is 216 g/mol. The summed E-state index contributed by atoms with van der Waals surface area (Å²) in [5.41, 5.74) is 6.87. The number of hydrogen-bond donors (Lipinski definition) is 1. The van der Waals surface area contributed by atoms with Gasteiger partial charge in [0, 0.05) is 5.92 Å². The number of anilines is 1. The van der Waals surface area contributed by atoms with E-state index >= 15 is 0 Å². The Kier molecular flexibility index (Phi) is 2.78. The summed E-state index contributed by atoms with van der Waals surface area (Å²) in [4.78, 5) is 8.67. The third-order valence-electron chi connectivity index (χ3n) is 3.31. The number of nitrogen functional groups attached to an aromatic ring is 1. The topological polar surface area (TPSA) is 75.6 Å². The molecule has 0 saturated heterocycles. The van der Waals surface area contributed by atoms with E-state index in [0.717, 1.165) is 24.6 Å². The summed E-state index contributed by atoms with van der Waals surface area (Å²) in [7, 11) is 0. The highest BCUT2D eigenvalue weighted by Crippen LogP contribution is 2.36. The molecule has 4 heteroatoms. The molecule has 2 unspecified atom stereocenters. The Morgan fingerprint density at radius 3 is 2.62 bits per heavy atom. The molecular weight excluding hydrogens is 200 g/mol. The fourth-order valence-corrected chi connectivity index (χ4v) is 2.38. The number of rotatable bonds is 1. The predicted molar refractivity (Wildman–Crippen MR) is 61.7 cm³/mol. The predicted octanol–water partition coefficient (Wildman–Crippen LogP) is 2.14. The molecule has 0 bridgehead atoms. The molecule has 0 amide bonds. The number of nitrogens with zero attached hydrogens (tertiary/aromatic N) is 3. The van der Waals surface area contributed by atoms with Crippen LogP contribution in [0, 0.1) is 24.2 Å². The molecule has 84 valence electrons. The van der Waals surface area contributed by atoms with Gasteiger partial charge >= 0.3 is 0 Å². The summed E-state index contributed by atoms with van der Waals surface area (Å²) in [6.07, 6.45) is 3.49. The molecule has 0 spiro atoms. The van der Waals surface area contributed by atoms with Gasteiger partial charge in [-0.2, -0.15) is 5.26 Å². The Labute approximate surface area is 95.5 Å². The first-order valence-corrected chi connectivity index (χ1v) is 5.66. The van der Waals surface area contributed by atoms with Crippen LogP contribution in [0.25, 0.3) is 0 Å². The molecule has 1 saturated carbocycles. The number of aryl methyl sites for hydroxylation is 1. The molecule has 4 nitrogen and oxygen atoms in total. The maximum atomic E-state index is 8.89. The maximum Gasteiger partial charge on any atom is 0.145 e. The molecule has 2 N–H and O–H groups in total. The second kappa shape index (κ2) is 4.09. The zero-order valence-electron chi connectivity index (χ0n) is 9.70. The van der Waals surface area contributed by atoms with Gasteiger partial charge < -0.3 is 5.73 Å².